The van der Waals surface area contributed by atoms with Gasteiger partial charge in [0, 0.05) is 25.7 Å². The van der Waals surface area contributed by atoms with Crippen LogP contribution in [-0.2, 0) is 17.5 Å². The fraction of sp³-hybridized carbons (Fsp3) is 0.391. The van der Waals surface area contributed by atoms with Gasteiger partial charge in [0.05, 0.1) is 25.3 Å². The first kappa shape index (κ1) is 26.9. The van der Waals surface area contributed by atoms with Gasteiger partial charge in [-0.25, -0.2) is 4.99 Å². The van der Waals surface area contributed by atoms with Crippen LogP contribution in [-0.4, -0.2) is 50.1 Å². The van der Waals surface area contributed by atoms with Crippen LogP contribution in [0.15, 0.2) is 53.5 Å². The second-order valence-corrected chi connectivity index (χ2v) is 7.38. The summed E-state index contributed by atoms with van der Waals surface area (Å²) in [6.07, 6.45) is -4.89. The number of nitrogens with one attached hydrogen (secondary N) is 2. The summed E-state index contributed by atoms with van der Waals surface area (Å²) in [7, 11) is 1.58. The van der Waals surface area contributed by atoms with Crippen LogP contribution in [0.2, 0.25) is 0 Å². The number of alkyl halides is 3. The first-order valence-electron chi connectivity index (χ1n) is 10.4. The average molecular weight is 576 g/mol. The van der Waals surface area contributed by atoms with E-state index in [0.717, 1.165) is 17.7 Å². The van der Waals surface area contributed by atoms with Gasteiger partial charge >= 0.3 is 6.18 Å². The SMILES string of the molecule is CCNC(=NCc1cccc(C(=O)NC)c1)N1CCOC(c2cccc(C(F)(F)F)c2)C1.I. The monoisotopic (exact) mass is 576 g/mol. The van der Waals surface area contributed by atoms with E-state index in [2.05, 4.69) is 15.6 Å². The largest absolute Gasteiger partial charge is 0.416 e. The van der Waals surface area contributed by atoms with Crippen molar-refractivity contribution in [2.75, 3.05) is 33.3 Å². The predicted octanol–water partition coefficient (Wildman–Crippen LogP) is 4.22. The minimum atomic E-state index is -4.40. The number of amides is 1. The lowest BCUT2D eigenvalue weighted by atomic mass is 10.0. The first-order valence-corrected chi connectivity index (χ1v) is 10.4. The Hall–Kier alpha value is -2.34. The number of hydrogen-bond donors (Lipinski definition) is 2. The Balaban J connectivity index is 0.00000385. The number of halogens is 4. The molecule has 0 aromatic heterocycles. The van der Waals surface area contributed by atoms with Crippen LogP contribution in [0.5, 0.6) is 0 Å². The molecule has 1 amide bonds. The number of carbonyl (C=O) groups is 1. The van der Waals surface area contributed by atoms with E-state index in [-0.39, 0.29) is 29.9 Å². The van der Waals surface area contributed by atoms with E-state index in [0.29, 0.717) is 49.9 Å². The second-order valence-electron chi connectivity index (χ2n) is 7.38. The van der Waals surface area contributed by atoms with Crippen molar-refractivity contribution < 1.29 is 22.7 Å². The number of rotatable bonds is 5. The summed E-state index contributed by atoms with van der Waals surface area (Å²) in [6.45, 7) is 4.27. The van der Waals surface area contributed by atoms with Crippen molar-refractivity contribution in [2.24, 2.45) is 4.99 Å². The molecule has 3 rings (SSSR count). The number of hydrogen-bond acceptors (Lipinski definition) is 3. The van der Waals surface area contributed by atoms with Crippen LogP contribution >= 0.6 is 24.0 Å². The van der Waals surface area contributed by atoms with E-state index in [1.807, 2.05) is 17.9 Å². The third-order valence-electron chi connectivity index (χ3n) is 5.11. The Morgan fingerprint density at radius 2 is 1.97 bits per heavy atom. The number of guanidine groups is 1. The van der Waals surface area contributed by atoms with Gasteiger partial charge in [-0.3, -0.25) is 4.79 Å². The molecular formula is C23H28F3IN4O2. The molecule has 0 bridgehead atoms. The summed E-state index contributed by atoms with van der Waals surface area (Å²) in [5.74, 6) is 0.484. The Morgan fingerprint density at radius 1 is 1.21 bits per heavy atom. The summed E-state index contributed by atoms with van der Waals surface area (Å²) >= 11 is 0. The molecule has 1 heterocycles. The number of ether oxygens (including phenoxy) is 1. The van der Waals surface area contributed by atoms with Gasteiger partial charge in [-0.05, 0) is 42.3 Å². The molecule has 1 aliphatic heterocycles. The fourth-order valence-electron chi connectivity index (χ4n) is 3.51. The van der Waals surface area contributed by atoms with E-state index in [9.17, 15) is 18.0 Å². The van der Waals surface area contributed by atoms with Gasteiger partial charge in [-0.15, -0.1) is 24.0 Å². The Kier molecular flexibility index (Phi) is 9.96. The lowest BCUT2D eigenvalue weighted by Gasteiger charge is -2.35. The lowest BCUT2D eigenvalue weighted by molar-refractivity contribution is -0.137. The molecule has 1 fully saturated rings. The molecule has 33 heavy (non-hydrogen) atoms. The van der Waals surface area contributed by atoms with Crippen molar-refractivity contribution in [1.82, 2.24) is 15.5 Å². The van der Waals surface area contributed by atoms with Gasteiger partial charge in [-0.1, -0.05) is 24.3 Å². The quantitative estimate of drug-likeness (QED) is 0.318. The van der Waals surface area contributed by atoms with E-state index in [1.54, 1.807) is 31.3 Å². The van der Waals surface area contributed by atoms with Gasteiger partial charge in [0.25, 0.3) is 5.91 Å². The first-order chi connectivity index (χ1) is 15.3. The van der Waals surface area contributed by atoms with Gasteiger partial charge in [0.1, 0.15) is 6.10 Å². The smallest absolute Gasteiger partial charge is 0.370 e. The lowest BCUT2D eigenvalue weighted by Crippen LogP contribution is -2.48. The van der Waals surface area contributed by atoms with Crippen molar-refractivity contribution in [3.63, 3.8) is 0 Å². The standard InChI is InChI=1S/C23H27F3N4O2.HI/c1-3-28-22(29-14-16-6-4-8-18(12-16)21(31)27-2)30-10-11-32-20(15-30)17-7-5-9-19(13-17)23(24,25)26;/h4-9,12-13,20H,3,10-11,14-15H2,1-2H3,(H,27,31)(H,28,29);1H. The maximum Gasteiger partial charge on any atom is 0.416 e. The van der Waals surface area contributed by atoms with Gasteiger partial charge in [0.2, 0.25) is 0 Å². The van der Waals surface area contributed by atoms with E-state index in [4.69, 9.17) is 4.74 Å². The zero-order valence-electron chi connectivity index (χ0n) is 18.5. The third kappa shape index (κ3) is 7.32. The highest BCUT2D eigenvalue weighted by Crippen LogP contribution is 2.32. The average Bonchev–Trinajstić information content (AvgIpc) is 2.81. The molecule has 10 heteroatoms. The molecule has 1 aliphatic rings. The number of carbonyl (C=O) groups excluding carboxylic acids is 1. The highest BCUT2D eigenvalue weighted by molar-refractivity contribution is 14.0. The molecule has 2 aromatic carbocycles. The maximum atomic E-state index is 13.1. The number of morpholine rings is 1. The van der Waals surface area contributed by atoms with Crippen LogP contribution in [0.3, 0.4) is 0 Å². The summed E-state index contributed by atoms with van der Waals surface area (Å²) in [4.78, 5) is 18.5. The molecular weight excluding hydrogens is 548 g/mol. The molecule has 1 atom stereocenters. The van der Waals surface area contributed by atoms with Gasteiger partial charge in [0.15, 0.2) is 5.96 Å². The molecule has 180 valence electrons. The van der Waals surface area contributed by atoms with E-state index >= 15 is 0 Å². The van der Waals surface area contributed by atoms with E-state index < -0.39 is 17.8 Å². The zero-order valence-corrected chi connectivity index (χ0v) is 20.8. The van der Waals surface area contributed by atoms with Crippen LogP contribution in [0.4, 0.5) is 13.2 Å². The summed E-state index contributed by atoms with van der Waals surface area (Å²) in [5, 5.41) is 5.84. The maximum absolute atomic E-state index is 13.1. The van der Waals surface area contributed by atoms with Gasteiger partial charge < -0.3 is 20.3 Å². The minimum absolute atomic E-state index is 0. The zero-order chi connectivity index (χ0) is 23.1. The second kappa shape index (κ2) is 12.2. The molecule has 0 aliphatic carbocycles. The Labute approximate surface area is 208 Å². The third-order valence-corrected chi connectivity index (χ3v) is 5.11. The Morgan fingerprint density at radius 3 is 2.67 bits per heavy atom. The van der Waals surface area contributed by atoms with Crippen molar-refractivity contribution in [1.29, 1.82) is 0 Å². The highest BCUT2D eigenvalue weighted by atomic mass is 127. The normalized spacial score (nSPS) is 16.7. The van der Waals surface area contributed by atoms with Crippen molar-refractivity contribution >= 4 is 35.8 Å². The number of benzene rings is 2. The fourth-order valence-corrected chi connectivity index (χ4v) is 3.51. The highest BCUT2D eigenvalue weighted by Gasteiger charge is 2.32. The molecule has 1 unspecified atom stereocenters. The number of nitrogens with zero attached hydrogens (tertiary/aromatic N) is 2. The molecule has 0 spiro atoms. The molecule has 0 saturated carbocycles. The van der Waals surface area contributed by atoms with Crippen LogP contribution in [0, 0.1) is 0 Å². The number of aliphatic imine (C=N–C) groups is 1. The molecule has 6 nitrogen and oxygen atoms in total. The van der Waals surface area contributed by atoms with Crippen LogP contribution < -0.4 is 10.6 Å². The van der Waals surface area contributed by atoms with Crippen molar-refractivity contribution in [3.8, 4) is 0 Å². The van der Waals surface area contributed by atoms with E-state index in [1.165, 1.54) is 6.07 Å². The van der Waals surface area contributed by atoms with Crippen LogP contribution in [0.1, 0.15) is 40.1 Å². The summed E-state index contributed by atoms with van der Waals surface area (Å²) < 4.78 is 45.1. The van der Waals surface area contributed by atoms with Crippen molar-refractivity contribution in [2.45, 2.75) is 25.7 Å². The molecule has 2 aromatic rings. The summed E-state index contributed by atoms with van der Waals surface area (Å²) in [5.41, 5.74) is 1.23. The van der Waals surface area contributed by atoms with Gasteiger partial charge in [-0.2, -0.15) is 13.2 Å². The van der Waals surface area contributed by atoms with Crippen molar-refractivity contribution in [3.05, 3.63) is 70.8 Å². The molecule has 0 radical (unpaired) electrons. The Bertz CT molecular complexity index is 969. The predicted molar refractivity (Wildman–Crippen MR) is 132 cm³/mol. The molecule has 1 saturated heterocycles. The minimum Gasteiger partial charge on any atom is -0.370 e. The molecule has 2 N–H and O–H groups in total. The topological polar surface area (TPSA) is 66.0 Å². The summed E-state index contributed by atoms with van der Waals surface area (Å²) in [6, 6.07) is 12.5. The van der Waals surface area contributed by atoms with Crippen LogP contribution in [0.25, 0.3) is 0 Å².